The van der Waals surface area contributed by atoms with Crippen molar-refractivity contribution in [3.05, 3.63) is 71.9 Å². The molecule has 1 heterocycles. The Morgan fingerprint density at radius 3 is 2.44 bits per heavy atom. The van der Waals surface area contributed by atoms with Crippen LogP contribution in [0.1, 0.15) is 30.9 Å². The molecule has 25 heavy (non-hydrogen) atoms. The number of benzene rings is 2. The third-order valence-corrected chi connectivity index (χ3v) is 4.27. The topological polar surface area (TPSA) is 41.1 Å². The molecule has 0 spiro atoms. The Balaban J connectivity index is 1.91. The molecule has 0 bridgehead atoms. The van der Waals surface area contributed by atoms with E-state index in [-0.39, 0.29) is 0 Å². The Morgan fingerprint density at radius 2 is 1.72 bits per heavy atom. The van der Waals surface area contributed by atoms with Gasteiger partial charge in [-0.3, -0.25) is 0 Å². The SMILES string of the molecule is Cc1cccc(C(C)C)c1Nc1ccnc(N(C)c2ccccc2)n1. The van der Waals surface area contributed by atoms with E-state index in [1.165, 1.54) is 11.1 Å². The fraction of sp³-hybridized carbons (Fsp3) is 0.238. The number of nitrogens with one attached hydrogen (secondary N) is 1. The second kappa shape index (κ2) is 7.34. The Labute approximate surface area is 149 Å². The fourth-order valence-electron chi connectivity index (χ4n) is 2.82. The lowest BCUT2D eigenvalue weighted by molar-refractivity contribution is 0.867. The number of aryl methyl sites for hydroxylation is 1. The van der Waals surface area contributed by atoms with Crippen LogP contribution in [0, 0.1) is 6.92 Å². The van der Waals surface area contributed by atoms with Gasteiger partial charge in [0.1, 0.15) is 5.82 Å². The second-order valence-corrected chi connectivity index (χ2v) is 6.46. The standard InChI is InChI=1S/C21H24N4/c1-15(2)18-12-8-9-16(3)20(18)23-19-13-14-22-21(24-19)25(4)17-10-6-5-7-11-17/h5-15H,1-4H3,(H,22,23,24). The third kappa shape index (κ3) is 3.79. The average molecular weight is 332 g/mol. The summed E-state index contributed by atoms with van der Waals surface area (Å²) in [7, 11) is 1.97. The van der Waals surface area contributed by atoms with Crippen LogP contribution in [0.5, 0.6) is 0 Å². The number of aromatic nitrogens is 2. The number of para-hydroxylation sites is 2. The molecule has 0 unspecified atom stereocenters. The fourth-order valence-corrected chi connectivity index (χ4v) is 2.82. The molecule has 3 aromatic rings. The van der Waals surface area contributed by atoms with Crippen LogP contribution in [0.25, 0.3) is 0 Å². The molecule has 0 aliphatic carbocycles. The van der Waals surface area contributed by atoms with Crippen LogP contribution in [-0.4, -0.2) is 17.0 Å². The number of rotatable bonds is 5. The molecule has 0 radical (unpaired) electrons. The van der Waals surface area contributed by atoms with Crippen molar-refractivity contribution in [3.8, 4) is 0 Å². The Kier molecular flexibility index (Phi) is 4.98. The van der Waals surface area contributed by atoms with Gasteiger partial charge in [0.15, 0.2) is 0 Å². The smallest absolute Gasteiger partial charge is 0.231 e. The van der Waals surface area contributed by atoms with E-state index in [4.69, 9.17) is 0 Å². The van der Waals surface area contributed by atoms with Gasteiger partial charge in [-0.05, 0) is 42.2 Å². The molecule has 0 fully saturated rings. The van der Waals surface area contributed by atoms with Gasteiger partial charge in [-0.15, -0.1) is 0 Å². The Morgan fingerprint density at radius 1 is 0.960 bits per heavy atom. The lowest BCUT2D eigenvalue weighted by atomic mass is 9.98. The van der Waals surface area contributed by atoms with Crippen LogP contribution in [0.4, 0.5) is 23.1 Å². The Hall–Kier alpha value is -2.88. The van der Waals surface area contributed by atoms with Crippen molar-refractivity contribution in [3.63, 3.8) is 0 Å². The number of hydrogen-bond donors (Lipinski definition) is 1. The molecule has 0 amide bonds. The number of nitrogens with zero attached hydrogens (tertiary/aromatic N) is 3. The van der Waals surface area contributed by atoms with Gasteiger partial charge >= 0.3 is 0 Å². The maximum absolute atomic E-state index is 4.69. The molecule has 0 atom stereocenters. The van der Waals surface area contributed by atoms with Crippen molar-refractivity contribution in [2.75, 3.05) is 17.3 Å². The van der Waals surface area contributed by atoms with Crippen LogP contribution in [-0.2, 0) is 0 Å². The van der Waals surface area contributed by atoms with E-state index in [2.05, 4.69) is 54.3 Å². The van der Waals surface area contributed by atoms with Crippen LogP contribution >= 0.6 is 0 Å². The molecule has 0 saturated heterocycles. The predicted octanol–water partition coefficient (Wildman–Crippen LogP) is 5.42. The molecule has 0 aliphatic rings. The van der Waals surface area contributed by atoms with Crippen molar-refractivity contribution in [1.29, 1.82) is 0 Å². The summed E-state index contributed by atoms with van der Waals surface area (Å²) in [4.78, 5) is 11.1. The molecule has 0 saturated carbocycles. The predicted molar refractivity (Wildman–Crippen MR) is 105 cm³/mol. The van der Waals surface area contributed by atoms with E-state index < -0.39 is 0 Å². The highest BCUT2D eigenvalue weighted by Gasteiger charge is 2.12. The normalized spacial score (nSPS) is 10.8. The first kappa shape index (κ1) is 17.0. The first-order valence-electron chi connectivity index (χ1n) is 8.54. The highest BCUT2D eigenvalue weighted by Crippen LogP contribution is 2.30. The Bertz CT molecular complexity index is 844. The minimum Gasteiger partial charge on any atom is -0.340 e. The summed E-state index contributed by atoms with van der Waals surface area (Å²) in [5.74, 6) is 1.90. The highest BCUT2D eigenvalue weighted by atomic mass is 15.2. The highest BCUT2D eigenvalue weighted by molar-refractivity contribution is 5.66. The zero-order valence-electron chi connectivity index (χ0n) is 15.2. The molecular formula is C21H24N4. The summed E-state index contributed by atoms with van der Waals surface area (Å²) >= 11 is 0. The first-order valence-corrected chi connectivity index (χ1v) is 8.54. The van der Waals surface area contributed by atoms with Crippen molar-refractivity contribution < 1.29 is 0 Å². The second-order valence-electron chi connectivity index (χ2n) is 6.46. The summed E-state index contributed by atoms with van der Waals surface area (Å²) in [6.45, 7) is 6.52. The number of hydrogen-bond acceptors (Lipinski definition) is 4. The van der Waals surface area contributed by atoms with Gasteiger partial charge in [-0.25, -0.2) is 4.98 Å². The first-order chi connectivity index (χ1) is 12.1. The minimum absolute atomic E-state index is 0.440. The summed E-state index contributed by atoms with van der Waals surface area (Å²) in [5, 5.41) is 3.49. The van der Waals surface area contributed by atoms with Crippen molar-refractivity contribution in [2.24, 2.45) is 0 Å². The van der Waals surface area contributed by atoms with Crippen LogP contribution in [0.15, 0.2) is 60.8 Å². The van der Waals surface area contributed by atoms with Gasteiger partial charge in [0.25, 0.3) is 0 Å². The lowest BCUT2D eigenvalue weighted by Gasteiger charge is -2.19. The molecule has 2 aromatic carbocycles. The maximum atomic E-state index is 4.69. The molecule has 0 aliphatic heterocycles. The van der Waals surface area contributed by atoms with Crippen molar-refractivity contribution >= 4 is 23.1 Å². The van der Waals surface area contributed by atoms with Gasteiger partial charge in [-0.2, -0.15) is 4.98 Å². The third-order valence-electron chi connectivity index (χ3n) is 4.27. The van der Waals surface area contributed by atoms with E-state index in [1.807, 2.05) is 48.3 Å². The summed E-state index contributed by atoms with van der Waals surface area (Å²) < 4.78 is 0. The van der Waals surface area contributed by atoms with Gasteiger partial charge < -0.3 is 10.2 Å². The average Bonchev–Trinajstić information content (AvgIpc) is 2.63. The zero-order chi connectivity index (χ0) is 17.8. The zero-order valence-corrected chi connectivity index (χ0v) is 15.2. The maximum Gasteiger partial charge on any atom is 0.231 e. The largest absolute Gasteiger partial charge is 0.340 e. The molecule has 3 rings (SSSR count). The molecule has 1 aromatic heterocycles. The summed E-state index contributed by atoms with van der Waals surface area (Å²) in [6, 6.07) is 18.4. The molecule has 1 N–H and O–H groups in total. The summed E-state index contributed by atoms with van der Waals surface area (Å²) in [6.07, 6.45) is 1.79. The van der Waals surface area contributed by atoms with E-state index in [0.29, 0.717) is 11.9 Å². The number of anilines is 4. The van der Waals surface area contributed by atoms with Crippen LogP contribution < -0.4 is 10.2 Å². The summed E-state index contributed by atoms with van der Waals surface area (Å²) in [5.41, 5.74) is 4.68. The molecular weight excluding hydrogens is 308 g/mol. The molecule has 4 heteroatoms. The minimum atomic E-state index is 0.440. The van der Waals surface area contributed by atoms with Gasteiger partial charge in [-0.1, -0.05) is 50.2 Å². The van der Waals surface area contributed by atoms with E-state index in [9.17, 15) is 0 Å². The van der Waals surface area contributed by atoms with Crippen molar-refractivity contribution in [1.82, 2.24) is 9.97 Å². The molecule has 4 nitrogen and oxygen atoms in total. The van der Waals surface area contributed by atoms with E-state index >= 15 is 0 Å². The van der Waals surface area contributed by atoms with Gasteiger partial charge in [0.05, 0.1) is 0 Å². The monoisotopic (exact) mass is 332 g/mol. The van der Waals surface area contributed by atoms with Crippen LogP contribution in [0.3, 0.4) is 0 Å². The van der Waals surface area contributed by atoms with Crippen LogP contribution in [0.2, 0.25) is 0 Å². The van der Waals surface area contributed by atoms with E-state index in [1.54, 1.807) is 6.20 Å². The van der Waals surface area contributed by atoms with Crippen molar-refractivity contribution in [2.45, 2.75) is 26.7 Å². The van der Waals surface area contributed by atoms with E-state index in [0.717, 1.165) is 17.2 Å². The van der Waals surface area contributed by atoms with Gasteiger partial charge in [0.2, 0.25) is 5.95 Å². The quantitative estimate of drug-likeness (QED) is 0.677. The van der Waals surface area contributed by atoms with Gasteiger partial charge in [0, 0.05) is 24.6 Å². The lowest BCUT2D eigenvalue weighted by Crippen LogP contribution is -2.13. The molecule has 128 valence electrons.